The van der Waals surface area contributed by atoms with Crippen molar-refractivity contribution in [2.24, 2.45) is 5.41 Å². The Morgan fingerprint density at radius 3 is 2.58 bits per heavy atom. The van der Waals surface area contributed by atoms with Crippen LogP contribution in [0.25, 0.3) is 16.7 Å². The maximum absolute atomic E-state index is 10.7. The van der Waals surface area contributed by atoms with Crippen LogP contribution < -0.4 is 4.90 Å². The fourth-order valence-electron chi connectivity index (χ4n) is 5.83. The van der Waals surface area contributed by atoms with Crippen molar-refractivity contribution in [2.45, 2.75) is 56.1 Å². The Morgan fingerprint density at radius 2 is 1.94 bits per heavy atom. The minimum Gasteiger partial charge on any atom is -0.387 e. The summed E-state index contributed by atoms with van der Waals surface area (Å²) in [5.74, 6) is 1.45. The van der Waals surface area contributed by atoms with E-state index in [1.165, 1.54) is 0 Å². The van der Waals surface area contributed by atoms with E-state index in [0.717, 1.165) is 48.1 Å². The summed E-state index contributed by atoms with van der Waals surface area (Å²) in [5, 5.41) is 26.3. The first kappa shape index (κ1) is 20.6. The highest BCUT2D eigenvalue weighted by Crippen LogP contribution is 2.78. The first-order valence-corrected chi connectivity index (χ1v) is 11.5. The van der Waals surface area contributed by atoms with E-state index in [0.29, 0.717) is 18.8 Å². The van der Waals surface area contributed by atoms with Gasteiger partial charge in [0.15, 0.2) is 5.82 Å². The minimum absolute atomic E-state index is 0.215. The number of hydrogen-bond acceptors (Lipinski definition) is 7. The average molecular weight is 445 g/mol. The summed E-state index contributed by atoms with van der Waals surface area (Å²) in [4.78, 5) is 11.1. The molecule has 2 saturated carbocycles. The van der Waals surface area contributed by atoms with Crippen LogP contribution in [0.2, 0.25) is 0 Å². The van der Waals surface area contributed by atoms with Gasteiger partial charge in [0.05, 0.1) is 35.3 Å². The third kappa shape index (κ3) is 2.79. The van der Waals surface area contributed by atoms with Crippen molar-refractivity contribution in [1.29, 1.82) is 5.26 Å². The molecule has 1 aromatic carbocycles. The number of ether oxygens (including phenoxy) is 1. The van der Waals surface area contributed by atoms with E-state index in [1.807, 2.05) is 16.9 Å². The first-order chi connectivity index (χ1) is 15.8. The SMILES string of the molecule is CO[C@]1(C(C)(C)O)CCN(c2cc(-n3ncc4ccc([C@]5(C#N)CC56CC6)cc43)ncn2)C1. The Kier molecular flexibility index (Phi) is 4.07. The number of fused-ring (bicyclic) bond motifs is 1. The molecular formula is C25H28N6O2. The maximum atomic E-state index is 10.7. The predicted molar refractivity (Wildman–Crippen MR) is 123 cm³/mol. The lowest BCUT2D eigenvalue weighted by atomic mass is 9.85. The lowest BCUT2D eigenvalue weighted by Gasteiger charge is -2.39. The third-order valence-electron chi connectivity index (χ3n) is 8.41. The van der Waals surface area contributed by atoms with Gasteiger partial charge in [-0.3, -0.25) is 0 Å². The summed E-state index contributed by atoms with van der Waals surface area (Å²) in [6.07, 6.45) is 7.35. The molecule has 1 N–H and O–H groups in total. The highest BCUT2D eigenvalue weighted by Gasteiger charge is 2.75. The van der Waals surface area contributed by atoms with Gasteiger partial charge in [-0.1, -0.05) is 12.1 Å². The molecule has 0 unspecified atom stereocenters. The summed E-state index contributed by atoms with van der Waals surface area (Å²) in [6, 6.07) is 10.8. The second kappa shape index (κ2) is 6.52. The quantitative estimate of drug-likeness (QED) is 0.645. The van der Waals surface area contributed by atoms with Gasteiger partial charge in [-0.05, 0) is 56.6 Å². The molecule has 3 heterocycles. The van der Waals surface area contributed by atoms with Crippen molar-refractivity contribution in [3.8, 4) is 11.9 Å². The summed E-state index contributed by atoms with van der Waals surface area (Å²) in [6.45, 7) is 4.85. The summed E-state index contributed by atoms with van der Waals surface area (Å²) < 4.78 is 7.61. The van der Waals surface area contributed by atoms with Crippen molar-refractivity contribution < 1.29 is 9.84 Å². The van der Waals surface area contributed by atoms with Crippen molar-refractivity contribution in [2.75, 3.05) is 25.1 Å². The highest BCUT2D eigenvalue weighted by molar-refractivity contribution is 5.82. The zero-order chi connectivity index (χ0) is 23.1. The van der Waals surface area contributed by atoms with E-state index >= 15 is 0 Å². The molecule has 33 heavy (non-hydrogen) atoms. The molecule has 0 radical (unpaired) electrons. The molecule has 0 amide bonds. The number of benzene rings is 1. The van der Waals surface area contributed by atoms with Crippen LogP contribution in [0.3, 0.4) is 0 Å². The van der Waals surface area contributed by atoms with E-state index in [9.17, 15) is 10.4 Å². The zero-order valence-corrected chi connectivity index (χ0v) is 19.2. The lowest BCUT2D eigenvalue weighted by molar-refractivity contribution is -0.138. The average Bonchev–Trinajstić information content (AvgIpc) is 3.58. The number of aromatic nitrogens is 4. The largest absolute Gasteiger partial charge is 0.387 e. The van der Waals surface area contributed by atoms with Crippen LogP contribution in [0.4, 0.5) is 5.82 Å². The highest BCUT2D eigenvalue weighted by atomic mass is 16.5. The van der Waals surface area contributed by atoms with Crippen LogP contribution >= 0.6 is 0 Å². The van der Waals surface area contributed by atoms with E-state index in [1.54, 1.807) is 27.3 Å². The fourth-order valence-corrected chi connectivity index (χ4v) is 5.83. The maximum Gasteiger partial charge on any atom is 0.159 e. The number of rotatable bonds is 5. The zero-order valence-electron chi connectivity index (χ0n) is 19.2. The van der Waals surface area contributed by atoms with Crippen molar-refractivity contribution in [3.05, 3.63) is 42.4 Å². The lowest BCUT2D eigenvalue weighted by Crippen LogP contribution is -2.53. The number of anilines is 1. The molecule has 2 aromatic heterocycles. The first-order valence-electron chi connectivity index (χ1n) is 11.5. The molecule has 6 rings (SSSR count). The molecule has 3 fully saturated rings. The van der Waals surface area contributed by atoms with Crippen LogP contribution in [-0.4, -0.2) is 56.3 Å². The van der Waals surface area contributed by atoms with Gasteiger partial charge in [0, 0.05) is 25.1 Å². The molecule has 3 aromatic rings. The van der Waals surface area contributed by atoms with Gasteiger partial charge >= 0.3 is 0 Å². The molecule has 8 nitrogen and oxygen atoms in total. The Bertz CT molecular complexity index is 1300. The van der Waals surface area contributed by atoms with Gasteiger partial charge in [-0.25, -0.2) is 14.6 Å². The second-order valence-corrected chi connectivity index (χ2v) is 10.5. The standard InChI is InChI=1S/C25H28N6O2/c1-22(2,32)25(33-3)8-9-30(15-25)20-11-21(28-16-27-20)31-19-10-18(5-4-17(19)12-29-31)24(14-26)13-23(24)6-7-23/h4-5,10-12,16,32H,6-9,13,15H2,1-3H3/t24-,25-/m1/s1. The summed E-state index contributed by atoms with van der Waals surface area (Å²) in [5.41, 5.74) is 0.272. The van der Waals surface area contributed by atoms with Crippen molar-refractivity contribution >= 4 is 16.7 Å². The Balaban J connectivity index is 1.35. The molecule has 1 spiro atoms. The van der Waals surface area contributed by atoms with Gasteiger partial charge in [-0.15, -0.1) is 0 Å². The van der Waals surface area contributed by atoms with Gasteiger partial charge in [0.25, 0.3) is 0 Å². The van der Waals surface area contributed by atoms with E-state index < -0.39 is 11.2 Å². The van der Waals surface area contributed by atoms with Crippen molar-refractivity contribution in [3.63, 3.8) is 0 Å². The van der Waals surface area contributed by atoms with Crippen LogP contribution in [0, 0.1) is 16.7 Å². The number of nitrogens with zero attached hydrogens (tertiary/aromatic N) is 6. The van der Waals surface area contributed by atoms with Gasteiger partial charge in [-0.2, -0.15) is 10.4 Å². The number of methoxy groups -OCH3 is 1. The molecule has 3 aliphatic rings. The Morgan fingerprint density at radius 1 is 1.15 bits per heavy atom. The monoisotopic (exact) mass is 444 g/mol. The molecule has 1 aliphatic heterocycles. The fraction of sp³-hybridized carbons (Fsp3) is 0.520. The minimum atomic E-state index is -0.973. The predicted octanol–water partition coefficient (Wildman–Crippen LogP) is 3.13. The van der Waals surface area contributed by atoms with Gasteiger partial charge in [0.1, 0.15) is 17.7 Å². The molecule has 8 heteroatoms. The molecule has 2 atom stereocenters. The number of hydrogen-bond donors (Lipinski definition) is 1. The molecule has 170 valence electrons. The Labute approximate surface area is 192 Å². The van der Waals surface area contributed by atoms with E-state index in [2.05, 4.69) is 44.2 Å². The molecule has 1 saturated heterocycles. The number of aliphatic hydroxyl groups is 1. The van der Waals surface area contributed by atoms with Crippen LogP contribution in [0.5, 0.6) is 0 Å². The third-order valence-corrected chi connectivity index (χ3v) is 8.41. The van der Waals surface area contributed by atoms with Gasteiger partial charge in [0.2, 0.25) is 0 Å². The van der Waals surface area contributed by atoms with Crippen molar-refractivity contribution in [1.82, 2.24) is 19.7 Å². The van der Waals surface area contributed by atoms with E-state index in [-0.39, 0.29) is 10.8 Å². The van der Waals surface area contributed by atoms with Crippen LogP contribution in [0.15, 0.2) is 36.8 Å². The van der Waals surface area contributed by atoms with Crippen LogP contribution in [-0.2, 0) is 10.2 Å². The van der Waals surface area contributed by atoms with E-state index in [4.69, 9.17) is 4.74 Å². The summed E-state index contributed by atoms with van der Waals surface area (Å²) in [7, 11) is 1.65. The number of nitriles is 1. The Hall–Kier alpha value is -3.02. The second-order valence-electron chi connectivity index (χ2n) is 10.5. The molecule has 0 bridgehead atoms. The molecular weight excluding hydrogens is 416 g/mol. The van der Waals surface area contributed by atoms with Crippen LogP contribution in [0.1, 0.15) is 45.1 Å². The molecule has 2 aliphatic carbocycles. The van der Waals surface area contributed by atoms with Gasteiger partial charge < -0.3 is 14.7 Å². The topological polar surface area (TPSA) is 100 Å². The summed E-state index contributed by atoms with van der Waals surface area (Å²) >= 11 is 0. The smallest absolute Gasteiger partial charge is 0.159 e. The normalized spacial score (nSPS) is 27.8.